The fourth-order valence-corrected chi connectivity index (χ4v) is 1.05. The molecule has 0 atom stereocenters. The van der Waals surface area contributed by atoms with E-state index < -0.39 is 29.4 Å². The molecule has 0 spiro atoms. The van der Waals surface area contributed by atoms with Gasteiger partial charge in [-0.2, -0.15) is 13.2 Å². The first-order valence-corrected chi connectivity index (χ1v) is 4.03. The van der Waals surface area contributed by atoms with E-state index in [0.717, 1.165) is 19.2 Å². The van der Waals surface area contributed by atoms with Gasteiger partial charge in [-0.3, -0.25) is 4.79 Å². The second kappa shape index (κ2) is 4.07. The van der Waals surface area contributed by atoms with Crippen molar-refractivity contribution in [2.24, 2.45) is 0 Å². The highest BCUT2D eigenvalue weighted by atomic mass is 19.4. The lowest BCUT2D eigenvalue weighted by atomic mass is 10.2. The van der Waals surface area contributed by atoms with Gasteiger partial charge in [0, 0.05) is 13.1 Å². The number of hydrogen-bond donors (Lipinski definition) is 0. The van der Waals surface area contributed by atoms with Crippen molar-refractivity contribution in [3.63, 3.8) is 0 Å². The Balaban J connectivity index is 3.06. The molecule has 1 rings (SSSR count). The van der Waals surface area contributed by atoms with E-state index in [4.69, 9.17) is 0 Å². The number of rotatable bonds is 1. The summed E-state index contributed by atoms with van der Waals surface area (Å²) in [5, 5.41) is 0. The van der Waals surface area contributed by atoms with Gasteiger partial charge in [0.05, 0.1) is 5.69 Å². The van der Waals surface area contributed by atoms with E-state index in [1.54, 1.807) is 0 Å². The Kier molecular flexibility index (Phi) is 3.16. The lowest BCUT2D eigenvalue weighted by Crippen LogP contribution is -2.38. The zero-order chi connectivity index (χ0) is 12.5. The van der Waals surface area contributed by atoms with Crippen LogP contribution in [-0.4, -0.2) is 19.1 Å². The molecule has 0 saturated carbocycles. The van der Waals surface area contributed by atoms with Crippen molar-refractivity contribution in [3.05, 3.63) is 29.8 Å². The molecule has 7 heteroatoms. The Morgan fingerprint density at radius 3 is 2.25 bits per heavy atom. The second-order valence-electron chi connectivity index (χ2n) is 2.96. The number of benzene rings is 1. The summed E-state index contributed by atoms with van der Waals surface area (Å²) < 4.78 is 61.6. The summed E-state index contributed by atoms with van der Waals surface area (Å²) >= 11 is 0. The molecule has 1 aromatic carbocycles. The number of anilines is 1. The minimum atomic E-state index is -5.10. The molecule has 0 bridgehead atoms. The molecule has 0 unspecified atom stereocenters. The van der Waals surface area contributed by atoms with E-state index >= 15 is 0 Å². The first-order valence-electron chi connectivity index (χ1n) is 4.03. The summed E-state index contributed by atoms with van der Waals surface area (Å²) in [5.41, 5.74) is -0.635. The van der Waals surface area contributed by atoms with Gasteiger partial charge in [-0.1, -0.05) is 0 Å². The lowest BCUT2D eigenvalue weighted by molar-refractivity contribution is -0.170. The van der Waals surface area contributed by atoms with Crippen LogP contribution in [0.3, 0.4) is 0 Å². The van der Waals surface area contributed by atoms with Gasteiger partial charge in [-0.25, -0.2) is 8.78 Å². The Labute approximate surface area is 87.3 Å². The number of halogens is 5. The highest BCUT2D eigenvalue weighted by Gasteiger charge is 2.42. The predicted octanol–water partition coefficient (Wildman–Crippen LogP) is 2.49. The molecule has 2 nitrogen and oxygen atoms in total. The van der Waals surface area contributed by atoms with Gasteiger partial charge in [-0.05, 0) is 12.1 Å². The maximum absolute atomic E-state index is 13.0. The molecule has 1 aromatic rings. The van der Waals surface area contributed by atoms with Crippen LogP contribution in [-0.2, 0) is 4.79 Å². The van der Waals surface area contributed by atoms with Crippen molar-refractivity contribution in [3.8, 4) is 0 Å². The molecule has 0 aliphatic heterocycles. The summed E-state index contributed by atoms with van der Waals surface area (Å²) in [5.74, 6) is -4.40. The van der Waals surface area contributed by atoms with Crippen molar-refractivity contribution >= 4 is 11.6 Å². The van der Waals surface area contributed by atoms with E-state index in [-0.39, 0.29) is 4.90 Å². The third-order valence-electron chi connectivity index (χ3n) is 1.82. The molecule has 16 heavy (non-hydrogen) atoms. The average Bonchev–Trinajstić information content (AvgIpc) is 2.14. The number of hydrogen-bond acceptors (Lipinski definition) is 1. The van der Waals surface area contributed by atoms with E-state index in [2.05, 4.69) is 0 Å². The van der Waals surface area contributed by atoms with Crippen LogP contribution in [0, 0.1) is 11.6 Å². The van der Waals surface area contributed by atoms with E-state index in [1.807, 2.05) is 0 Å². The van der Waals surface area contributed by atoms with Gasteiger partial charge in [0.2, 0.25) is 0 Å². The van der Waals surface area contributed by atoms with Crippen LogP contribution in [0.4, 0.5) is 27.6 Å². The molecule has 0 fully saturated rings. The van der Waals surface area contributed by atoms with E-state index in [0.29, 0.717) is 6.07 Å². The molecule has 0 aliphatic carbocycles. The molecule has 0 heterocycles. The van der Waals surface area contributed by atoms with Gasteiger partial charge in [0.15, 0.2) is 0 Å². The van der Waals surface area contributed by atoms with Crippen LogP contribution in [0.25, 0.3) is 0 Å². The van der Waals surface area contributed by atoms with Gasteiger partial charge in [-0.15, -0.1) is 0 Å². The number of amides is 1. The van der Waals surface area contributed by atoms with Crippen LogP contribution in [0.15, 0.2) is 18.2 Å². The van der Waals surface area contributed by atoms with Crippen molar-refractivity contribution < 1.29 is 26.7 Å². The summed E-state index contributed by atoms with van der Waals surface area (Å²) in [6.07, 6.45) is -5.10. The van der Waals surface area contributed by atoms with E-state index in [9.17, 15) is 26.7 Å². The minimum absolute atomic E-state index is 0.0781. The van der Waals surface area contributed by atoms with Crippen LogP contribution in [0.1, 0.15) is 0 Å². The normalized spacial score (nSPS) is 11.4. The molecule has 1 amide bonds. The smallest absolute Gasteiger partial charge is 0.305 e. The fourth-order valence-electron chi connectivity index (χ4n) is 1.05. The summed E-state index contributed by atoms with van der Waals surface area (Å²) in [6, 6.07) is 1.92. The topological polar surface area (TPSA) is 20.3 Å². The minimum Gasteiger partial charge on any atom is -0.305 e. The number of alkyl halides is 3. The molecular weight excluding hydrogens is 233 g/mol. The van der Waals surface area contributed by atoms with Gasteiger partial charge < -0.3 is 4.90 Å². The highest BCUT2D eigenvalue weighted by molar-refractivity contribution is 5.96. The van der Waals surface area contributed by atoms with Crippen LogP contribution in [0.5, 0.6) is 0 Å². The van der Waals surface area contributed by atoms with Crippen molar-refractivity contribution in [2.45, 2.75) is 6.18 Å². The molecule has 88 valence electrons. The maximum atomic E-state index is 13.0. The largest absolute Gasteiger partial charge is 0.471 e. The van der Waals surface area contributed by atoms with Gasteiger partial charge in [0.25, 0.3) is 0 Å². The third kappa shape index (κ3) is 2.47. The lowest BCUT2D eigenvalue weighted by Gasteiger charge is -2.19. The Hall–Kier alpha value is -1.66. The Morgan fingerprint density at radius 1 is 1.25 bits per heavy atom. The quantitative estimate of drug-likeness (QED) is 0.689. The average molecular weight is 239 g/mol. The molecular formula is C9H6F5NO. The zero-order valence-electron chi connectivity index (χ0n) is 7.98. The maximum Gasteiger partial charge on any atom is 0.471 e. The SMILES string of the molecule is CN(C(=O)C(F)(F)F)c1ccc(F)cc1F. The molecule has 0 N–H and O–H groups in total. The number of nitrogens with zero attached hydrogens (tertiary/aromatic N) is 1. The van der Waals surface area contributed by atoms with Crippen LogP contribution < -0.4 is 4.90 Å². The van der Waals surface area contributed by atoms with Crippen molar-refractivity contribution in [1.29, 1.82) is 0 Å². The summed E-state index contributed by atoms with van der Waals surface area (Å²) in [4.78, 5) is 10.8. The Morgan fingerprint density at radius 2 is 1.81 bits per heavy atom. The second-order valence-corrected chi connectivity index (χ2v) is 2.96. The van der Waals surface area contributed by atoms with Gasteiger partial charge >= 0.3 is 12.1 Å². The molecule has 0 aromatic heterocycles. The summed E-state index contributed by atoms with van der Waals surface area (Å²) in [6.45, 7) is 0. The third-order valence-corrected chi connectivity index (χ3v) is 1.82. The summed E-state index contributed by atoms with van der Waals surface area (Å²) in [7, 11) is 0.756. The van der Waals surface area contributed by atoms with Crippen LogP contribution >= 0.6 is 0 Å². The van der Waals surface area contributed by atoms with Crippen LogP contribution in [0.2, 0.25) is 0 Å². The monoisotopic (exact) mass is 239 g/mol. The first kappa shape index (κ1) is 12.4. The van der Waals surface area contributed by atoms with Crippen molar-refractivity contribution in [2.75, 3.05) is 11.9 Å². The van der Waals surface area contributed by atoms with Gasteiger partial charge in [0.1, 0.15) is 11.6 Å². The Bertz CT molecular complexity index is 415. The predicted molar refractivity (Wildman–Crippen MR) is 45.8 cm³/mol. The number of carbonyl (C=O) groups is 1. The first-order chi connectivity index (χ1) is 7.23. The van der Waals surface area contributed by atoms with Crippen molar-refractivity contribution in [1.82, 2.24) is 0 Å². The fraction of sp³-hybridized carbons (Fsp3) is 0.222. The number of carbonyl (C=O) groups excluding carboxylic acids is 1. The zero-order valence-corrected chi connectivity index (χ0v) is 7.98. The highest BCUT2D eigenvalue weighted by Crippen LogP contribution is 2.24. The molecule has 0 saturated heterocycles. The molecule has 0 radical (unpaired) electrons. The molecule has 0 aliphatic rings. The van der Waals surface area contributed by atoms with E-state index in [1.165, 1.54) is 0 Å². The standard InChI is InChI=1S/C9H6F5NO/c1-15(8(16)9(12,13)14)7-3-2-5(10)4-6(7)11/h2-4H,1H3.